The largest absolute Gasteiger partial charge is 0.505 e. The average Bonchev–Trinajstić information content (AvgIpc) is 2.50. The molecule has 0 spiro atoms. The molecule has 4 atom stereocenters. The van der Waals surface area contributed by atoms with Gasteiger partial charge in [-0.1, -0.05) is 52.9 Å². The second-order valence-corrected chi connectivity index (χ2v) is 6.65. The van der Waals surface area contributed by atoms with Crippen LogP contribution < -0.4 is 0 Å². The van der Waals surface area contributed by atoms with E-state index >= 15 is 0 Å². The van der Waals surface area contributed by atoms with E-state index in [-0.39, 0.29) is 11.7 Å². The van der Waals surface area contributed by atoms with Crippen molar-refractivity contribution in [2.24, 2.45) is 11.8 Å². The minimum atomic E-state index is -0.146. The summed E-state index contributed by atoms with van der Waals surface area (Å²) in [6.45, 7) is 8.98. The Labute approximate surface area is 131 Å². The van der Waals surface area contributed by atoms with Crippen LogP contribution in [0.5, 0.6) is 0 Å². The van der Waals surface area contributed by atoms with E-state index < -0.39 is 0 Å². The first-order valence-corrected chi connectivity index (χ1v) is 8.62. The molecule has 0 aromatic carbocycles. The SMILES string of the molecule is CCCC[C@H](CC)C[C@@]1(C)C[C@@H](CC)[C@@H](/C=C/OC)OO1. The van der Waals surface area contributed by atoms with Gasteiger partial charge in [-0.2, -0.15) is 0 Å². The maximum Gasteiger partial charge on any atom is 0.117 e. The Hall–Kier alpha value is -0.540. The summed E-state index contributed by atoms with van der Waals surface area (Å²) in [7, 11) is 1.66. The molecule has 0 bridgehead atoms. The normalized spacial score (nSPS) is 31.5. The molecule has 3 nitrogen and oxygen atoms in total. The minimum absolute atomic E-state index is 0.0127. The highest BCUT2D eigenvalue weighted by molar-refractivity contribution is 4.94. The van der Waals surface area contributed by atoms with Gasteiger partial charge in [0.2, 0.25) is 0 Å². The molecule has 1 fully saturated rings. The Balaban J connectivity index is 2.60. The van der Waals surface area contributed by atoms with Gasteiger partial charge in [0.1, 0.15) is 11.7 Å². The molecule has 0 aliphatic carbocycles. The summed E-state index contributed by atoms with van der Waals surface area (Å²) in [6, 6.07) is 0. The lowest BCUT2D eigenvalue weighted by Gasteiger charge is -2.41. The molecule has 0 saturated carbocycles. The molecule has 0 amide bonds. The van der Waals surface area contributed by atoms with Gasteiger partial charge in [0.25, 0.3) is 0 Å². The van der Waals surface area contributed by atoms with Gasteiger partial charge in [0, 0.05) is 0 Å². The summed E-state index contributed by atoms with van der Waals surface area (Å²) in [4.78, 5) is 11.5. The molecule has 1 heterocycles. The van der Waals surface area contributed by atoms with Gasteiger partial charge >= 0.3 is 0 Å². The highest BCUT2D eigenvalue weighted by Crippen LogP contribution is 2.39. The topological polar surface area (TPSA) is 27.7 Å². The fourth-order valence-electron chi connectivity index (χ4n) is 3.35. The fraction of sp³-hybridized carbons (Fsp3) is 0.889. The Morgan fingerprint density at radius 1 is 1.33 bits per heavy atom. The minimum Gasteiger partial charge on any atom is -0.505 e. The van der Waals surface area contributed by atoms with E-state index in [2.05, 4.69) is 27.7 Å². The Morgan fingerprint density at radius 2 is 2.10 bits per heavy atom. The van der Waals surface area contributed by atoms with Gasteiger partial charge in [0.05, 0.1) is 13.4 Å². The van der Waals surface area contributed by atoms with E-state index in [0.717, 1.165) is 25.2 Å². The van der Waals surface area contributed by atoms with Gasteiger partial charge in [-0.25, -0.2) is 9.78 Å². The smallest absolute Gasteiger partial charge is 0.117 e. The standard InChI is InChI=1S/C18H34O3/c1-6-9-10-15(7-2)13-18(4)14-16(8-3)17(20-21-18)11-12-19-5/h11-12,15-17H,6-10,13-14H2,1-5H3/b12-11+/t15-,16+,17+,18-/m0/s1. The van der Waals surface area contributed by atoms with Crippen LogP contribution in [0.15, 0.2) is 12.3 Å². The maximum absolute atomic E-state index is 5.81. The molecule has 0 unspecified atom stereocenters. The molecule has 124 valence electrons. The second-order valence-electron chi connectivity index (χ2n) is 6.65. The number of rotatable bonds is 9. The summed E-state index contributed by atoms with van der Waals surface area (Å²) in [5.41, 5.74) is -0.146. The predicted octanol–water partition coefficient (Wildman–Crippen LogP) is 5.26. The van der Waals surface area contributed by atoms with Crippen molar-refractivity contribution in [3.8, 4) is 0 Å². The number of ether oxygens (including phenoxy) is 1. The van der Waals surface area contributed by atoms with Crippen LogP contribution in [0.1, 0.15) is 72.6 Å². The molecule has 0 aromatic rings. The van der Waals surface area contributed by atoms with Crippen LogP contribution in [0.4, 0.5) is 0 Å². The van der Waals surface area contributed by atoms with E-state index in [0.29, 0.717) is 5.92 Å². The Morgan fingerprint density at radius 3 is 2.67 bits per heavy atom. The maximum atomic E-state index is 5.81. The van der Waals surface area contributed by atoms with Crippen LogP contribution in [-0.4, -0.2) is 18.8 Å². The highest BCUT2D eigenvalue weighted by Gasteiger charge is 2.40. The monoisotopic (exact) mass is 298 g/mol. The lowest BCUT2D eigenvalue weighted by molar-refractivity contribution is -0.411. The van der Waals surface area contributed by atoms with Crippen LogP contribution in [-0.2, 0) is 14.5 Å². The summed E-state index contributed by atoms with van der Waals surface area (Å²) >= 11 is 0. The van der Waals surface area contributed by atoms with E-state index in [1.165, 1.54) is 25.7 Å². The lowest BCUT2D eigenvalue weighted by Crippen LogP contribution is -2.43. The average molecular weight is 298 g/mol. The van der Waals surface area contributed by atoms with Crippen molar-refractivity contribution in [3.05, 3.63) is 12.3 Å². The summed E-state index contributed by atoms with van der Waals surface area (Å²) in [6.07, 6.45) is 12.0. The Kier molecular flexibility index (Phi) is 8.35. The molecule has 1 rings (SSSR count). The highest BCUT2D eigenvalue weighted by atomic mass is 17.2. The molecule has 0 radical (unpaired) electrons. The van der Waals surface area contributed by atoms with Crippen molar-refractivity contribution < 1.29 is 14.5 Å². The number of methoxy groups -OCH3 is 1. The van der Waals surface area contributed by atoms with Gasteiger partial charge in [-0.15, -0.1) is 0 Å². The van der Waals surface area contributed by atoms with E-state index in [4.69, 9.17) is 14.5 Å². The van der Waals surface area contributed by atoms with Crippen molar-refractivity contribution in [2.45, 2.75) is 84.3 Å². The lowest BCUT2D eigenvalue weighted by atomic mass is 9.79. The molecule has 1 saturated heterocycles. The zero-order chi connectivity index (χ0) is 15.7. The number of hydrogen-bond acceptors (Lipinski definition) is 3. The molecule has 0 aromatic heterocycles. The number of hydrogen-bond donors (Lipinski definition) is 0. The zero-order valence-electron chi connectivity index (χ0n) is 14.6. The first kappa shape index (κ1) is 18.5. The van der Waals surface area contributed by atoms with E-state index in [9.17, 15) is 0 Å². The molecular formula is C18H34O3. The van der Waals surface area contributed by atoms with Gasteiger partial charge in [-0.3, -0.25) is 0 Å². The summed E-state index contributed by atoms with van der Waals surface area (Å²) in [5.74, 6) is 1.24. The Bertz CT molecular complexity index is 303. The van der Waals surface area contributed by atoms with Gasteiger partial charge in [-0.05, 0) is 37.7 Å². The molecule has 1 aliphatic rings. The second kappa shape index (κ2) is 9.47. The van der Waals surface area contributed by atoms with E-state index in [1.807, 2.05) is 6.08 Å². The van der Waals surface area contributed by atoms with Crippen molar-refractivity contribution in [1.29, 1.82) is 0 Å². The molecular weight excluding hydrogens is 264 g/mol. The van der Waals surface area contributed by atoms with Gasteiger partial charge < -0.3 is 4.74 Å². The third-order valence-electron chi connectivity index (χ3n) is 4.71. The van der Waals surface area contributed by atoms with Crippen molar-refractivity contribution in [1.82, 2.24) is 0 Å². The molecule has 3 heteroatoms. The number of unbranched alkanes of at least 4 members (excludes halogenated alkanes) is 1. The quantitative estimate of drug-likeness (QED) is 0.429. The fourth-order valence-corrected chi connectivity index (χ4v) is 3.35. The molecule has 21 heavy (non-hydrogen) atoms. The van der Waals surface area contributed by atoms with Crippen LogP contribution in [0.25, 0.3) is 0 Å². The summed E-state index contributed by atoms with van der Waals surface area (Å²) in [5, 5.41) is 0. The third kappa shape index (κ3) is 5.99. The van der Waals surface area contributed by atoms with Gasteiger partial charge in [0.15, 0.2) is 0 Å². The van der Waals surface area contributed by atoms with Crippen molar-refractivity contribution in [3.63, 3.8) is 0 Å². The van der Waals surface area contributed by atoms with Crippen LogP contribution in [0.2, 0.25) is 0 Å². The molecule has 1 aliphatic heterocycles. The van der Waals surface area contributed by atoms with Crippen LogP contribution in [0.3, 0.4) is 0 Å². The van der Waals surface area contributed by atoms with Crippen molar-refractivity contribution in [2.75, 3.05) is 7.11 Å². The van der Waals surface area contributed by atoms with Crippen LogP contribution in [0, 0.1) is 11.8 Å². The molecule has 0 N–H and O–H groups in total. The predicted molar refractivity (Wildman–Crippen MR) is 86.8 cm³/mol. The summed E-state index contributed by atoms with van der Waals surface area (Å²) < 4.78 is 5.00. The van der Waals surface area contributed by atoms with Crippen LogP contribution >= 0.6 is 0 Å². The third-order valence-corrected chi connectivity index (χ3v) is 4.71. The van der Waals surface area contributed by atoms with E-state index in [1.54, 1.807) is 13.4 Å². The first-order chi connectivity index (χ1) is 10.1. The van der Waals surface area contributed by atoms with Crippen molar-refractivity contribution >= 4 is 0 Å². The first-order valence-electron chi connectivity index (χ1n) is 8.62. The zero-order valence-corrected chi connectivity index (χ0v) is 14.6.